The van der Waals surface area contributed by atoms with E-state index in [-0.39, 0.29) is 0 Å². The van der Waals surface area contributed by atoms with Crippen LogP contribution in [0.3, 0.4) is 0 Å². The minimum absolute atomic E-state index is 0.481. The van der Waals surface area contributed by atoms with Gasteiger partial charge in [-0.05, 0) is 25.9 Å². The third-order valence-corrected chi connectivity index (χ3v) is 2.07. The van der Waals surface area contributed by atoms with Crippen LogP contribution in [0.25, 0.3) is 0 Å². The highest BCUT2D eigenvalue weighted by molar-refractivity contribution is 5.62. The number of hydrogen-bond acceptors (Lipinski definition) is 3. The summed E-state index contributed by atoms with van der Waals surface area (Å²) >= 11 is 0. The lowest BCUT2D eigenvalue weighted by atomic mass is 9.94. The molecule has 1 N–H and O–H groups in total. The smallest absolute Gasteiger partial charge is 0.151 e. The van der Waals surface area contributed by atoms with Crippen molar-refractivity contribution in [3.05, 3.63) is 0 Å². The van der Waals surface area contributed by atoms with Gasteiger partial charge in [-0.25, -0.2) is 0 Å². The van der Waals surface area contributed by atoms with Gasteiger partial charge in [0.1, 0.15) is 5.60 Å². The van der Waals surface area contributed by atoms with E-state index >= 15 is 0 Å². The van der Waals surface area contributed by atoms with Gasteiger partial charge < -0.3 is 14.8 Å². The Kier molecular flexibility index (Phi) is 2.40. The van der Waals surface area contributed by atoms with Crippen molar-refractivity contribution in [1.29, 1.82) is 0 Å². The fourth-order valence-corrected chi connectivity index (χ4v) is 1.22. The summed E-state index contributed by atoms with van der Waals surface area (Å²) < 4.78 is 5.12. The van der Waals surface area contributed by atoms with Crippen molar-refractivity contribution in [1.82, 2.24) is 5.32 Å². The molecule has 3 heteroatoms. The maximum atomic E-state index is 10.6. The first-order chi connectivity index (χ1) is 4.83. The zero-order chi connectivity index (χ0) is 7.45. The molecule has 0 aromatic carbocycles. The van der Waals surface area contributed by atoms with E-state index in [4.69, 9.17) is 4.74 Å². The molecule has 1 heterocycles. The minimum Gasteiger partial charge on any atom is -0.371 e. The number of piperidine rings is 1. The second-order valence-electron chi connectivity index (χ2n) is 2.64. The van der Waals surface area contributed by atoms with Gasteiger partial charge >= 0.3 is 0 Å². The van der Waals surface area contributed by atoms with Crippen molar-refractivity contribution >= 4 is 6.29 Å². The van der Waals surface area contributed by atoms with Crippen molar-refractivity contribution in [2.75, 3.05) is 20.2 Å². The molecule has 0 amide bonds. The summed E-state index contributed by atoms with van der Waals surface area (Å²) in [6, 6.07) is 0. The molecule has 0 radical (unpaired) electrons. The van der Waals surface area contributed by atoms with Gasteiger partial charge in [-0.15, -0.1) is 0 Å². The van der Waals surface area contributed by atoms with E-state index in [1.165, 1.54) is 0 Å². The molecule has 0 unspecified atom stereocenters. The first-order valence-corrected chi connectivity index (χ1v) is 3.55. The van der Waals surface area contributed by atoms with Crippen LogP contribution in [0.15, 0.2) is 0 Å². The summed E-state index contributed by atoms with van der Waals surface area (Å²) in [5, 5.41) is 3.17. The predicted octanol–water partition coefficient (Wildman–Crippen LogP) is -0.0461. The molecule has 0 spiro atoms. The average Bonchev–Trinajstić information content (AvgIpc) is 2.06. The van der Waals surface area contributed by atoms with Crippen LogP contribution in [-0.4, -0.2) is 32.1 Å². The molecule has 1 aliphatic heterocycles. The lowest BCUT2D eigenvalue weighted by Crippen LogP contribution is -2.44. The Morgan fingerprint density at radius 2 is 2.10 bits per heavy atom. The Hall–Kier alpha value is -0.410. The maximum Gasteiger partial charge on any atom is 0.151 e. The van der Waals surface area contributed by atoms with Crippen LogP contribution in [0.5, 0.6) is 0 Å². The van der Waals surface area contributed by atoms with Crippen molar-refractivity contribution in [3.8, 4) is 0 Å². The van der Waals surface area contributed by atoms with Gasteiger partial charge in [0.05, 0.1) is 0 Å². The SMILES string of the molecule is COC1(C=O)CCNCC1. The monoisotopic (exact) mass is 143 g/mol. The second-order valence-corrected chi connectivity index (χ2v) is 2.64. The highest BCUT2D eigenvalue weighted by atomic mass is 16.5. The molecule has 0 aliphatic carbocycles. The van der Waals surface area contributed by atoms with Crippen LogP contribution < -0.4 is 5.32 Å². The fraction of sp³-hybridized carbons (Fsp3) is 0.857. The zero-order valence-electron chi connectivity index (χ0n) is 6.22. The molecule has 0 aromatic heterocycles. The molecule has 1 saturated heterocycles. The summed E-state index contributed by atoms with van der Waals surface area (Å²) in [6.45, 7) is 1.76. The Labute approximate surface area is 60.7 Å². The third kappa shape index (κ3) is 1.36. The quantitative estimate of drug-likeness (QED) is 0.551. The van der Waals surface area contributed by atoms with Gasteiger partial charge in [0.2, 0.25) is 0 Å². The van der Waals surface area contributed by atoms with E-state index in [0.717, 1.165) is 32.2 Å². The lowest BCUT2D eigenvalue weighted by molar-refractivity contribution is -0.130. The Morgan fingerprint density at radius 1 is 1.50 bits per heavy atom. The summed E-state index contributed by atoms with van der Waals surface area (Å²) in [6.07, 6.45) is 2.52. The standard InChI is InChI=1S/C7H13NO2/c1-10-7(6-9)2-4-8-5-3-7/h6,8H,2-5H2,1H3. The van der Waals surface area contributed by atoms with Crippen LogP contribution in [-0.2, 0) is 9.53 Å². The van der Waals surface area contributed by atoms with Crippen molar-refractivity contribution in [2.24, 2.45) is 0 Å². The zero-order valence-corrected chi connectivity index (χ0v) is 6.22. The Balaban J connectivity index is 2.52. The largest absolute Gasteiger partial charge is 0.371 e. The van der Waals surface area contributed by atoms with Gasteiger partial charge in [0.25, 0.3) is 0 Å². The summed E-state index contributed by atoms with van der Waals surface area (Å²) in [7, 11) is 1.60. The van der Waals surface area contributed by atoms with Gasteiger partial charge in [-0.3, -0.25) is 0 Å². The first-order valence-electron chi connectivity index (χ1n) is 3.55. The number of carbonyl (C=O) groups is 1. The molecular weight excluding hydrogens is 130 g/mol. The molecule has 1 rings (SSSR count). The Bertz CT molecular complexity index is 119. The highest BCUT2D eigenvalue weighted by Gasteiger charge is 2.30. The topological polar surface area (TPSA) is 38.3 Å². The molecular formula is C7H13NO2. The van der Waals surface area contributed by atoms with Crippen molar-refractivity contribution in [2.45, 2.75) is 18.4 Å². The van der Waals surface area contributed by atoms with Crippen molar-refractivity contribution in [3.63, 3.8) is 0 Å². The van der Waals surface area contributed by atoms with Crippen LogP contribution in [0.4, 0.5) is 0 Å². The van der Waals surface area contributed by atoms with E-state index in [0.29, 0.717) is 0 Å². The summed E-state index contributed by atoms with van der Waals surface area (Å²) in [5.41, 5.74) is -0.481. The van der Waals surface area contributed by atoms with Gasteiger partial charge in [0, 0.05) is 7.11 Å². The maximum absolute atomic E-state index is 10.6. The summed E-state index contributed by atoms with van der Waals surface area (Å²) in [5.74, 6) is 0. The number of aldehydes is 1. The average molecular weight is 143 g/mol. The van der Waals surface area contributed by atoms with Gasteiger partial charge in [-0.1, -0.05) is 0 Å². The Morgan fingerprint density at radius 3 is 2.40 bits per heavy atom. The molecule has 10 heavy (non-hydrogen) atoms. The van der Waals surface area contributed by atoms with Gasteiger partial charge in [0.15, 0.2) is 6.29 Å². The number of nitrogens with one attached hydrogen (secondary N) is 1. The lowest BCUT2D eigenvalue weighted by Gasteiger charge is -2.30. The number of methoxy groups -OCH3 is 1. The van der Waals surface area contributed by atoms with E-state index < -0.39 is 5.60 Å². The van der Waals surface area contributed by atoms with Crippen LogP contribution in [0.2, 0.25) is 0 Å². The van der Waals surface area contributed by atoms with E-state index in [9.17, 15) is 4.79 Å². The van der Waals surface area contributed by atoms with Crippen LogP contribution in [0.1, 0.15) is 12.8 Å². The number of ether oxygens (including phenoxy) is 1. The minimum atomic E-state index is -0.481. The van der Waals surface area contributed by atoms with Crippen LogP contribution in [0, 0.1) is 0 Å². The number of hydrogen-bond donors (Lipinski definition) is 1. The van der Waals surface area contributed by atoms with Gasteiger partial charge in [-0.2, -0.15) is 0 Å². The van der Waals surface area contributed by atoms with Crippen LogP contribution >= 0.6 is 0 Å². The van der Waals surface area contributed by atoms with E-state index in [1.807, 2.05) is 0 Å². The van der Waals surface area contributed by atoms with E-state index in [2.05, 4.69) is 5.32 Å². The normalized spacial score (nSPS) is 24.1. The predicted molar refractivity (Wildman–Crippen MR) is 37.9 cm³/mol. The second kappa shape index (κ2) is 3.12. The molecule has 0 saturated carbocycles. The highest BCUT2D eigenvalue weighted by Crippen LogP contribution is 2.18. The summed E-state index contributed by atoms with van der Waals surface area (Å²) in [4.78, 5) is 10.6. The molecule has 3 nitrogen and oxygen atoms in total. The number of rotatable bonds is 2. The first kappa shape index (κ1) is 7.69. The molecule has 1 fully saturated rings. The molecule has 0 bridgehead atoms. The molecule has 0 aromatic rings. The molecule has 0 atom stereocenters. The molecule has 1 aliphatic rings. The molecule has 58 valence electrons. The van der Waals surface area contributed by atoms with Crippen molar-refractivity contribution < 1.29 is 9.53 Å². The number of carbonyl (C=O) groups excluding carboxylic acids is 1. The third-order valence-electron chi connectivity index (χ3n) is 2.07. The fourth-order valence-electron chi connectivity index (χ4n) is 1.22. The van der Waals surface area contributed by atoms with E-state index in [1.54, 1.807) is 7.11 Å².